The molecule has 0 fully saturated rings. The van der Waals surface area contributed by atoms with Gasteiger partial charge in [-0.3, -0.25) is 9.59 Å². The number of esters is 2. The highest BCUT2D eigenvalue weighted by atomic mass is 79.9. The number of carbonyl (C=O) groups excluding carboxylic acids is 2. The molecule has 2 unspecified atom stereocenters. The summed E-state index contributed by atoms with van der Waals surface area (Å²) in [5.74, 6) is -0.228. The zero-order valence-corrected chi connectivity index (χ0v) is 24.1. The summed E-state index contributed by atoms with van der Waals surface area (Å²) < 4.78 is 9.87. The second-order valence-electron chi connectivity index (χ2n) is 7.97. The summed E-state index contributed by atoms with van der Waals surface area (Å²) in [5, 5.41) is 3.30. The standard InChI is InChI=1S/C13H27NO2.C8H15BrO2.C5H13N/c1-4-7-9-11-14-12(10-8-5-2)13(15)16-6-3;1-3-5-6-7(9)8(10)11-4-2;1-2-3-4-5-6/h12,14H,4-11H2,1-3H3;7H,3-6H2,1-2H3;2-6H2,1H3. The third-order valence-corrected chi connectivity index (χ3v) is 5.58. The van der Waals surface area contributed by atoms with Gasteiger partial charge in [0.15, 0.2) is 0 Å². The Morgan fingerprint density at radius 1 is 0.727 bits per heavy atom. The van der Waals surface area contributed by atoms with E-state index in [1.54, 1.807) is 0 Å². The van der Waals surface area contributed by atoms with Crippen LogP contribution in [0.5, 0.6) is 0 Å². The number of hydrogen-bond acceptors (Lipinski definition) is 6. The Balaban J connectivity index is -0.000000457. The first kappa shape index (κ1) is 36.9. The van der Waals surface area contributed by atoms with Gasteiger partial charge in [-0.15, -0.1) is 0 Å². The minimum Gasteiger partial charge on any atom is -0.465 e. The van der Waals surface area contributed by atoms with E-state index in [9.17, 15) is 9.59 Å². The van der Waals surface area contributed by atoms with Gasteiger partial charge in [-0.2, -0.15) is 0 Å². The van der Waals surface area contributed by atoms with Gasteiger partial charge in [-0.1, -0.05) is 95.0 Å². The molecule has 0 aromatic carbocycles. The van der Waals surface area contributed by atoms with Crippen molar-refractivity contribution >= 4 is 27.9 Å². The van der Waals surface area contributed by atoms with Crippen LogP contribution in [0.3, 0.4) is 0 Å². The normalized spacial score (nSPS) is 11.9. The number of unbranched alkanes of at least 4 members (excludes halogenated alkanes) is 6. The van der Waals surface area contributed by atoms with Crippen LogP contribution < -0.4 is 11.1 Å². The topological polar surface area (TPSA) is 90.6 Å². The summed E-state index contributed by atoms with van der Waals surface area (Å²) in [4.78, 5) is 22.5. The van der Waals surface area contributed by atoms with Gasteiger partial charge in [0.05, 0.1) is 13.2 Å². The molecule has 0 saturated heterocycles. The smallest absolute Gasteiger partial charge is 0.323 e. The zero-order valence-electron chi connectivity index (χ0n) is 22.6. The zero-order chi connectivity index (χ0) is 25.7. The minimum absolute atomic E-state index is 0.0903. The molecule has 0 spiro atoms. The van der Waals surface area contributed by atoms with Crippen LogP contribution in [0.15, 0.2) is 0 Å². The van der Waals surface area contributed by atoms with Crippen LogP contribution in [-0.4, -0.2) is 49.1 Å². The number of nitrogens with two attached hydrogens (primary N) is 1. The van der Waals surface area contributed by atoms with Gasteiger partial charge in [0.2, 0.25) is 0 Å². The molecule has 0 saturated carbocycles. The van der Waals surface area contributed by atoms with E-state index in [-0.39, 0.29) is 22.8 Å². The van der Waals surface area contributed by atoms with Crippen molar-refractivity contribution in [1.82, 2.24) is 5.32 Å². The first-order valence-corrected chi connectivity index (χ1v) is 14.2. The summed E-state index contributed by atoms with van der Waals surface area (Å²) in [7, 11) is 0. The number of alkyl halides is 1. The predicted octanol–water partition coefficient (Wildman–Crippen LogP) is 6.53. The Labute approximate surface area is 213 Å². The lowest BCUT2D eigenvalue weighted by Crippen LogP contribution is -2.38. The lowest BCUT2D eigenvalue weighted by atomic mass is 10.1. The van der Waals surface area contributed by atoms with Crippen LogP contribution in [-0.2, 0) is 19.1 Å². The van der Waals surface area contributed by atoms with Crippen molar-refractivity contribution in [3.63, 3.8) is 0 Å². The molecule has 0 heterocycles. The first-order chi connectivity index (χ1) is 15.9. The number of halogens is 1. The molecule has 0 amide bonds. The van der Waals surface area contributed by atoms with Gasteiger partial charge in [-0.05, 0) is 52.6 Å². The maximum Gasteiger partial charge on any atom is 0.323 e. The molecule has 33 heavy (non-hydrogen) atoms. The molecule has 0 radical (unpaired) electrons. The SMILES string of the molecule is CCCCC(Br)C(=O)OCC.CCCCCN.CCCCCNC(CCCC)C(=O)OCC. The van der Waals surface area contributed by atoms with Gasteiger partial charge in [0, 0.05) is 0 Å². The monoisotopic (exact) mass is 538 g/mol. The highest BCUT2D eigenvalue weighted by molar-refractivity contribution is 9.10. The second-order valence-corrected chi connectivity index (χ2v) is 9.07. The summed E-state index contributed by atoms with van der Waals surface area (Å²) in [6, 6.07) is -0.100. The van der Waals surface area contributed by atoms with Gasteiger partial charge in [0.25, 0.3) is 0 Å². The Morgan fingerprint density at radius 3 is 1.67 bits per heavy atom. The Morgan fingerprint density at radius 2 is 1.21 bits per heavy atom. The molecular weight excluding hydrogens is 484 g/mol. The van der Waals surface area contributed by atoms with Crippen LogP contribution in [0.4, 0.5) is 0 Å². The van der Waals surface area contributed by atoms with E-state index >= 15 is 0 Å². The van der Waals surface area contributed by atoms with Crippen molar-refractivity contribution in [2.24, 2.45) is 5.73 Å². The fourth-order valence-corrected chi connectivity index (χ4v) is 3.19. The van der Waals surface area contributed by atoms with Crippen LogP contribution in [0.2, 0.25) is 0 Å². The summed E-state index contributed by atoms with van der Waals surface area (Å²) in [5.41, 5.74) is 5.21. The molecule has 2 atom stereocenters. The number of hydrogen-bond donors (Lipinski definition) is 2. The molecular formula is C26H55BrN2O4. The molecule has 0 aromatic heterocycles. The van der Waals surface area contributed by atoms with Gasteiger partial charge >= 0.3 is 11.9 Å². The third-order valence-electron chi connectivity index (χ3n) is 4.75. The molecule has 0 aliphatic rings. The minimum atomic E-state index is -0.138. The van der Waals surface area contributed by atoms with Crippen LogP contribution >= 0.6 is 15.9 Å². The van der Waals surface area contributed by atoms with Crippen LogP contribution in [0.25, 0.3) is 0 Å². The molecule has 0 rings (SSSR count). The first-order valence-electron chi connectivity index (χ1n) is 13.3. The van der Waals surface area contributed by atoms with Crippen LogP contribution in [0, 0.1) is 0 Å². The molecule has 0 bridgehead atoms. The van der Waals surface area contributed by atoms with Crippen molar-refractivity contribution in [3.8, 4) is 0 Å². The van der Waals surface area contributed by atoms with Crippen LogP contribution in [0.1, 0.15) is 119 Å². The van der Waals surface area contributed by atoms with Crippen molar-refractivity contribution < 1.29 is 19.1 Å². The van der Waals surface area contributed by atoms with E-state index in [0.717, 1.165) is 58.0 Å². The predicted molar refractivity (Wildman–Crippen MR) is 145 cm³/mol. The molecule has 0 aromatic rings. The molecule has 6 nitrogen and oxygen atoms in total. The maximum absolute atomic E-state index is 11.6. The van der Waals surface area contributed by atoms with E-state index < -0.39 is 0 Å². The Kier molecular flexibility index (Phi) is 35.0. The highest BCUT2D eigenvalue weighted by Crippen LogP contribution is 2.11. The summed E-state index contributed by atoms with van der Waals surface area (Å²) in [6.45, 7) is 15.0. The van der Waals surface area contributed by atoms with E-state index in [1.165, 1.54) is 32.1 Å². The fourth-order valence-electron chi connectivity index (χ4n) is 2.73. The van der Waals surface area contributed by atoms with Crippen molar-refractivity contribution in [2.75, 3.05) is 26.3 Å². The van der Waals surface area contributed by atoms with E-state index in [1.807, 2.05) is 13.8 Å². The van der Waals surface area contributed by atoms with Gasteiger partial charge in [-0.25, -0.2) is 0 Å². The number of carbonyl (C=O) groups is 2. The lowest BCUT2D eigenvalue weighted by molar-refractivity contribution is -0.146. The van der Waals surface area contributed by atoms with E-state index in [4.69, 9.17) is 15.2 Å². The second kappa shape index (κ2) is 31.3. The fraction of sp³-hybridized carbons (Fsp3) is 0.923. The summed E-state index contributed by atoms with van der Waals surface area (Å²) >= 11 is 3.27. The molecule has 0 aliphatic heterocycles. The average molecular weight is 540 g/mol. The maximum atomic E-state index is 11.6. The lowest BCUT2D eigenvalue weighted by Gasteiger charge is -2.16. The van der Waals surface area contributed by atoms with E-state index in [0.29, 0.717) is 13.2 Å². The van der Waals surface area contributed by atoms with Crippen molar-refractivity contribution in [2.45, 2.75) is 129 Å². The highest BCUT2D eigenvalue weighted by Gasteiger charge is 2.17. The molecule has 7 heteroatoms. The van der Waals surface area contributed by atoms with Crippen molar-refractivity contribution in [1.29, 1.82) is 0 Å². The number of rotatable bonds is 18. The average Bonchev–Trinajstić information content (AvgIpc) is 2.81. The van der Waals surface area contributed by atoms with E-state index in [2.05, 4.69) is 48.9 Å². The van der Waals surface area contributed by atoms with Crippen molar-refractivity contribution in [3.05, 3.63) is 0 Å². The molecule has 3 N–H and O–H groups in total. The van der Waals surface area contributed by atoms with Gasteiger partial charge in [0.1, 0.15) is 10.9 Å². The quantitative estimate of drug-likeness (QED) is 0.117. The third kappa shape index (κ3) is 29.3. The number of nitrogens with one attached hydrogen (secondary N) is 1. The molecule has 0 aliphatic carbocycles. The Hall–Kier alpha value is -0.660. The summed E-state index contributed by atoms with van der Waals surface area (Å²) in [6.07, 6.45) is 13.4. The molecule has 200 valence electrons. The van der Waals surface area contributed by atoms with Gasteiger partial charge < -0.3 is 20.5 Å². The number of ether oxygens (including phenoxy) is 2. The Bertz CT molecular complexity index is 408. The largest absolute Gasteiger partial charge is 0.465 e.